The van der Waals surface area contributed by atoms with E-state index >= 15 is 0 Å². The number of aromatic hydroxyl groups is 2. The second kappa shape index (κ2) is 9.86. The standard InChI is InChI=1S/C20H20N2O6/c1-27-17-7-13(11-23)5-15(19(17)25)9-21-3-4-22-10-16-6-14(12-24)8-18(28-2)20(16)26/h5-12,25-26H,3-4H2,1-2H3/b21-9+,22-10+. The molecule has 2 rings (SSSR count). The van der Waals surface area contributed by atoms with E-state index in [0.29, 0.717) is 47.9 Å². The van der Waals surface area contributed by atoms with Gasteiger partial charge in [0.15, 0.2) is 23.0 Å². The summed E-state index contributed by atoms with van der Waals surface area (Å²) in [7, 11) is 2.78. The van der Waals surface area contributed by atoms with Gasteiger partial charge in [0.2, 0.25) is 0 Å². The summed E-state index contributed by atoms with van der Waals surface area (Å²) in [5.41, 5.74) is 1.42. The van der Waals surface area contributed by atoms with Crippen molar-refractivity contribution in [2.75, 3.05) is 27.3 Å². The number of nitrogens with zero attached hydrogens (tertiary/aromatic N) is 2. The van der Waals surface area contributed by atoms with Crippen molar-refractivity contribution in [3.05, 3.63) is 46.5 Å². The Balaban J connectivity index is 2.05. The first-order valence-corrected chi connectivity index (χ1v) is 8.26. The predicted molar refractivity (Wildman–Crippen MR) is 105 cm³/mol. The number of ether oxygens (including phenoxy) is 2. The van der Waals surface area contributed by atoms with Gasteiger partial charge in [-0.3, -0.25) is 19.6 Å². The average molecular weight is 384 g/mol. The molecule has 0 radical (unpaired) electrons. The molecule has 2 N–H and O–H groups in total. The maximum atomic E-state index is 11.0. The van der Waals surface area contributed by atoms with Gasteiger partial charge in [-0.15, -0.1) is 0 Å². The van der Waals surface area contributed by atoms with Crippen LogP contribution in [0.25, 0.3) is 0 Å². The van der Waals surface area contributed by atoms with Crippen LogP contribution in [0.5, 0.6) is 23.0 Å². The lowest BCUT2D eigenvalue weighted by atomic mass is 10.1. The lowest BCUT2D eigenvalue weighted by Gasteiger charge is -2.07. The molecule has 0 aliphatic carbocycles. The van der Waals surface area contributed by atoms with E-state index in [2.05, 4.69) is 9.98 Å². The van der Waals surface area contributed by atoms with Gasteiger partial charge in [-0.25, -0.2) is 0 Å². The van der Waals surface area contributed by atoms with Crippen LogP contribution < -0.4 is 9.47 Å². The summed E-state index contributed by atoms with van der Waals surface area (Å²) in [6, 6.07) is 5.84. The van der Waals surface area contributed by atoms with Crippen molar-refractivity contribution in [3.63, 3.8) is 0 Å². The topological polar surface area (TPSA) is 118 Å². The number of hydrogen-bond acceptors (Lipinski definition) is 8. The number of methoxy groups -OCH3 is 2. The quantitative estimate of drug-likeness (QED) is 0.389. The molecule has 0 atom stereocenters. The molecular weight excluding hydrogens is 364 g/mol. The number of phenolic OH excluding ortho intramolecular Hbond substituents is 2. The summed E-state index contributed by atoms with van der Waals surface area (Å²) < 4.78 is 10.0. The Morgan fingerprint density at radius 2 is 1.18 bits per heavy atom. The molecular formula is C20H20N2O6. The lowest BCUT2D eigenvalue weighted by Crippen LogP contribution is -1.95. The van der Waals surface area contributed by atoms with E-state index in [1.807, 2.05) is 0 Å². The van der Waals surface area contributed by atoms with Crippen molar-refractivity contribution in [3.8, 4) is 23.0 Å². The Bertz CT molecular complexity index is 846. The van der Waals surface area contributed by atoms with Gasteiger partial charge < -0.3 is 19.7 Å². The molecule has 0 aliphatic heterocycles. The third-order valence-corrected chi connectivity index (χ3v) is 3.78. The van der Waals surface area contributed by atoms with Gasteiger partial charge in [0, 0.05) is 34.7 Å². The Morgan fingerprint density at radius 1 is 0.786 bits per heavy atom. The van der Waals surface area contributed by atoms with Crippen LogP contribution in [0, 0.1) is 0 Å². The molecule has 0 saturated heterocycles. The van der Waals surface area contributed by atoms with E-state index in [0.717, 1.165) is 0 Å². The molecule has 0 bridgehead atoms. The van der Waals surface area contributed by atoms with Gasteiger partial charge in [-0.2, -0.15) is 0 Å². The third-order valence-electron chi connectivity index (χ3n) is 3.78. The van der Waals surface area contributed by atoms with Crippen LogP contribution in [0.15, 0.2) is 34.3 Å². The highest BCUT2D eigenvalue weighted by molar-refractivity contribution is 5.90. The minimum atomic E-state index is -0.108. The largest absolute Gasteiger partial charge is 0.504 e. The van der Waals surface area contributed by atoms with Gasteiger partial charge >= 0.3 is 0 Å². The molecule has 2 aromatic carbocycles. The number of hydrogen-bond donors (Lipinski definition) is 2. The normalized spacial score (nSPS) is 11.1. The Labute approximate surface area is 161 Å². The molecule has 0 unspecified atom stereocenters. The smallest absolute Gasteiger partial charge is 0.166 e. The fourth-order valence-electron chi connectivity index (χ4n) is 2.39. The van der Waals surface area contributed by atoms with Crippen molar-refractivity contribution in [1.82, 2.24) is 0 Å². The highest BCUT2D eigenvalue weighted by Gasteiger charge is 2.09. The van der Waals surface area contributed by atoms with Gasteiger partial charge in [-0.05, 0) is 24.3 Å². The van der Waals surface area contributed by atoms with Crippen LogP contribution in [-0.2, 0) is 0 Å². The van der Waals surface area contributed by atoms with E-state index in [1.54, 1.807) is 0 Å². The second-order valence-corrected chi connectivity index (χ2v) is 5.63. The van der Waals surface area contributed by atoms with Crippen LogP contribution in [0.2, 0.25) is 0 Å². The monoisotopic (exact) mass is 384 g/mol. The number of rotatable bonds is 9. The SMILES string of the molecule is COc1cc(C=O)cc(/C=N/CC/N=C/c2cc(C=O)cc(OC)c2O)c1O. The minimum Gasteiger partial charge on any atom is -0.504 e. The van der Waals surface area contributed by atoms with Crippen molar-refractivity contribution in [1.29, 1.82) is 0 Å². The Kier molecular flexibility index (Phi) is 7.27. The molecule has 0 aromatic heterocycles. The maximum absolute atomic E-state index is 11.0. The molecule has 0 heterocycles. The summed E-state index contributed by atoms with van der Waals surface area (Å²) in [5, 5.41) is 20.1. The number of aldehydes is 2. The van der Waals surface area contributed by atoms with Gasteiger partial charge in [-0.1, -0.05) is 0 Å². The predicted octanol–water partition coefficient (Wildman–Crippen LogP) is 2.28. The molecule has 8 heteroatoms. The first-order valence-electron chi connectivity index (χ1n) is 8.26. The summed E-state index contributed by atoms with van der Waals surface area (Å²) in [6.07, 6.45) is 4.15. The number of carbonyl (C=O) groups excluding carboxylic acids is 2. The Hall–Kier alpha value is -3.68. The van der Waals surface area contributed by atoms with Crippen LogP contribution in [-0.4, -0.2) is 62.5 Å². The summed E-state index contributed by atoms with van der Waals surface area (Å²) in [4.78, 5) is 30.2. The molecule has 0 aliphatic rings. The number of phenols is 2. The average Bonchev–Trinajstić information content (AvgIpc) is 2.72. The molecule has 0 fully saturated rings. The van der Waals surface area contributed by atoms with E-state index < -0.39 is 0 Å². The molecule has 28 heavy (non-hydrogen) atoms. The van der Waals surface area contributed by atoms with E-state index in [1.165, 1.54) is 50.9 Å². The van der Waals surface area contributed by atoms with Crippen molar-refractivity contribution in [2.45, 2.75) is 0 Å². The number of benzene rings is 2. The second-order valence-electron chi connectivity index (χ2n) is 5.63. The zero-order chi connectivity index (χ0) is 20.5. The van der Waals surface area contributed by atoms with E-state index in [9.17, 15) is 19.8 Å². The number of aliphatic imine (C=N–C) groups is 2. The molecule has 2 aromatic rings. The fraction of sp³-hybridized carbons (Fsp3) is 0.200. The van der Waals surface area contributed by atoms with Crippen LogP contribution in [0.1, 0.15) is 31.8 Å². The molecule has 8 nitrogen and oxygen atoms in total. The summed E-state index contributed by atoms with van der Waals surface area (Å²) >= 11 is 0. The first-order chi connectivity index (χ1) is 13.5. The van der Waals surface area contributed by atoms with Gasteiger partial charge in [0.25, 0.3) is 0 Å². The summed E-state index contributed by atoms with van der Waals surface area (Å²) in [6.45, 7) is 0.601. The zero-order valence-electron chi connectivity index (χ0n) is 15.5. The lowest BCUT2D eigenvalue weighted by molar-refractivity contribution is 0.111. The third kappa shape index (κ3) is 4.94. The van der Waals surface area contributed by atoms with Gasteiger partial charge in [0.1, 0.15) is 12.6 Å². The number of carbonyl (C=O) groups is 2. The Morgan fingerprint density at radius 3 is 1.50 bits per heavy atom. The van der Waals surface area contributed by atoms with Crippen LogP contribution in [0.3, 0.4) is 0 Å². The summed E-state index contributed by atoms with van der Waals surface area (Å²) in [5.74, 6) is 0.151. The highest BCUT2D eigenvalue weighted by atomic mass is 16.5. The first kappa shape index (κ1) is 20.6. The van der Waals surface area contributed by atoms with E-state index in [4.69, 9.17) is 9.47 Å². The van der Waals surface area contributed by atoms with Crippen molar-refractivity contribution in [2.24, 2.45) is 9.98 Å². The van der Waals surface area contributed by atoms with Crippen LogP contribution in [0.4, 0.5) is 0 Å². The minimum absolute atomic E-state index is 0.108. The zero-order valence-corrected chi connectivity index (χ0v) is 15.5. The van der Waals surface area contributed by atoms with Gasteiger partial charge in [0.05, 0.1) is 27.3 Å². The molecule has 0 spiro atoms. The van der Waals surface area contributed by atoms with E-state index in [-0.39, 0.29) is 23.0 Å². The fourth-order valence-corrected chi connectivity index (χ4v) is 2.39. The van der Waals surface area contributed by atoms with Crippen molar-refractivity contribution < 1.29 is 29.3 Å². The highest BCUT2D eigenvalue weighted by Crippen LogP contribution is 2.30. The molecule has 146 valence electrons. The molecule has 0 amide bonds. The van der Waals surface area contributed by atoms with Crippen molar-refractivity contribution >= 4 is 25.0 Å². The molecule has 0 saturated carbocycles. The van der Waals surface area contributed by atoms with Crippen LogP contribution >= 0.6 is 0 Å². The maximum Gasteiger partial charge on any atom is 0.166 e.